The SMILES string of the molecule is CC1NCCN(C(N)=O)C1=O. The van der Waals surface area contributed by atoms with Crippen LogP contribution in [0.5, 0.6) is 0 Å². The number of urea groups is 1. The van der Waals surface area contributed by atoms with Crippen molar-refractivity contribution in [3.05, 3.63) is 0 Å². The van der Waals surface area contributed by atoms with E-state index in [1.165, 1.54) is 0 Å². The zero-order chi connectivity index (χ0) is 8.43. The van der Waals surface area contributed by atoms with Gasteiger partial charge < -0.3 is 11.1 Å². The third kappa shape index (κ3) is 1.48. The van der Waals surface area contributed by atoms with Crippen LogP contribution in [0.2, 0.25) is 0 Å². The largest absolute Gasteiger partial charge is 0.351 e. The van der Waals surface area contributed by atoms with Crippen molar-refractivity contribution in [2.24, 2.45) is 5.73 Å². The van der Waals surface area contributed by atoms with E-state index >= 15 is 0 Å². The van der Waals surface area contributed by atoms with E-state index < -0.39 is 6.03 Å². The first-order valence-electron chi connectivity index (χ1n) is 3.47. The lowest BCUT2D eigenvalue weighted by molar-refractivity contribution is -0.131. The van der Waals surface area contributed by atoms with Gasteiger partial charge in [0.15, 0.2) is 0 Å². The summed E-state index contributed by atoms with van der Waals surface area (Å²) in [6, 6.07) is -0.959. The number of piperazine rings is 1. The molecule has 0 aliphatic carbocycles. The number of primary amides is 1. The minimum Gasteiger partial charge on any atom is -0.351 e. The number of nitrogens with two attached hydrogens (primary N) is 1. The molecule has 62 valence electrons. The van der Waals surface area contributed by atoms with Crippen LogP contribution < -0.4 is 11.1 Å². The number of rotatable bonds is 0. The number of hydrogen-bond acceptors (Lipinski definition) is 3. The van der Waals surface area contributed by atoms with E-state index in [0.717, 1.165) is 4.90 Å². The maximum absolute atomic E-state index is 11.1. The first-order chi connectivity index (χ1) is 5.13. The minimum absolute atomic E-state index is 0.247. The third-order valence-electron chi connectivity index (χ3n) is 1.69. The average Bonchev–Trinajstić information content (AvgIpc) is 1.94. The summed E-state index contributed by atoms with van der Waals surface area (Å²) in [6.07, 6.45) is 0. The highest BCUT2D eigenvalue weighted by Crippen LogP contribution is 1.99. The number of hydrogen-bond donors (Lipinski definition) is 2. The van der Waals surface area contributed by atoms with Gasteiger partial charge in [-0.3, -0.25) is 9.69 Å². The van der Waals surface area contributed by atoms with Crippen LogP contribution in [0, 0.1) is 0 Å². The number of amides is 3. The molecular formula is C6H11N3O2. The van der Waals surface area contributed by atoms with Gasteiger partial charge in [0.2, 0.25) is 5.91 Å². The van der Waals surface area contributed by atoms with Gasteiger partial charge in [0.25, 0.3) is 0 Å². The molecule has 1 unspecified atom stereocenters. The topological polar surface area (TPSA) is 75.4 Å². The van der Waals surface area contributed by atoms with Crippen LogP contribution >= 0.6 is 0 Å². The van der Waals surface area contributed by atoms with Crippen molar-refractivity contribution < 1.29 is 9.59 Å². The molecule has 0 aromatic rings. The molecule has 1 aliphatic rings. The van der Waals surface area contributed by atoms with Crippen LogP contribution in [0.25, 0.3) is 0 Å². The van der Waals surface area contributed by atoms with E-state index in [-0.39, 0.29) is 11.9 Å². The molecule has 0 bridgehead atoms. The van der Waals surface area contributed by atoms with Gasteiger partial charge in [0, 0.05) is 13.1 Å². The van der Waals surface area contributed by atoms with Crippen molar-refractivity contribution in [1.29, 1.82) is 0 Å². The fourth-order valence-electron chi connectivity index (χ4n) is 1.04. The standard InChI is InChI=1S/C6H11N3O2/c1-4-5(10)9(6(7)11)3-2-8-4/h4,8H,2-3H2,1H3,(H2,7,11). The number of imide groups is 1. The fourth-order valence-corrected chi connectivity index (χ4v) is 1.04. The second-order valence-electron chi connectivity index (χ2n) is 2.50. The van der Waals surface area contributed by atoms with E-state index in [2.05, 4.69) is 5.32 Å². The van der Waals surface area contributed by atoms with Crippen LogP contribution in [-0.4, -0.2) is 36.0 Å². The van der Waals surface area contributed by atoms with Crippen molar-refractivity contribution in [2.45, 2.75) is 13.0 Å². The highest BCUT2D eigenvalue weighted by molar-refractivity contribution is 5.96. The lowest BCUT2D eigenvalue weighted by Gasteiger charge is -2.28. The quantitative estimate of drug-likeness (QED) is 0.468. The monoisotopic (exact) mass is 157 g/mol. The molecule has 1 rings (SSSR count). The van der Waals surface area contributed by atoms with Crippen LogP contribution in [-0.2, 0) is 4.79 Å². The van der Waals surface area contributed by atoms with Gasteiger partial charge in [-0.2, -0.15) is 0 Å². The summed E-state index contributed by atoms with van der Waals surface area (Å²) in [5, 5.41) is 2.92. The smallest absolute Gasteiger partial charge is 0.321 e. The van der Waals surface area contributed by atoms with Gasteiger partial charge in [0.05, 0.1) is 6.04 Å². The summed E-state index contributed by atoms with van der Waals surface area (Å²) in [5.74, 6) is -0.247. The summed E-state index contributed by atoms with van der Waals surface area (Å²) in [6.45, 7) is 2.70. The lowest BCUT2D eigenvalue weighted by Crippen LogP contribution is -2.57. The van der Waals surface area contributed by atoms with Crippen LogP contribution in [0.4, 0.5) is 4.79 Å². The van der Waals surface area contributed by atoms with Gasteiger partial charge in [-0.15, -0.1) is 0 Å². The Bertz CT molecular complexity index is 192. The van der Waals surface area contributed by atoms with E-state index in [1.807, 2.05) is 0 Å². The highest BCUT2D eigenvalue weighted by atomic mass is 16.2. The molecule has 1 fully saturated rings. The summed E-state index contributed by atoms with van der Waals surface area (Å²) < 4.78 is 0. The van der Waals surface area contributed by atoms with E-state index in [0.29, 0.717) is 13.1 Å². The molecule has 1 aliphatic heterocycles. The van der Waals surface area contributed by atoms with Crippen molar-refractivity contribution in [3.8, 4) is 0 Å². The number of carbonyl (C=O) groups excluding carboxylic acids is 2. The Kier molecular flexibility index (Phi) is 2.09. The molecule has 11 heavy (non-hydrogen) atoms. The summed E-state index contributed by atoms with van der Waals surface area (Å²) in [5.41, 5.74) is 4.96. The molecule has 5 heteroatoms. The Balaban J connectivity index is 2.66. The third-order valence-corrected chi connectivity index (χ3v) is 1.69. The summed E-state index contributed by atoms with van der Waals surface area (Å²) >= 11 is 0. The average molecular weight is 157 g/mol. The molecule has 0 aromatic carbocycles. The Morgan fingerprint density at radius 2 is 2.45 bits per heavy atom. The molecule has 3 amide bonds. The van der Waals surface area contributed by atoms with Crippen molar-refractivity contribution in [2.75, 3.05) is 13.1 Å². The normalized spacial score (nSPS) is 25.4. The lowest BCUT2D eigenvalue weighted by atomic mass is 10.2. The molecule has 5 nitrogen and oxygen atoms in total. The Labute approximate surface area is 64.5 Å². The first-order valence-corrected chi connectivity index (χ1v) is 3.47. The Hall–Kier alpha value is -1.10. The van der Waals surface area contributed by atoms with E-state index in [9.17, 15) is 9.59 Å². The predicted octanol–water partition coefficient (Wildman–Crippen LogP) is -1.11. The van der Waals surface area contributed by atoms with Gasteiger partial charge in [-0.1, -0.05) is 0 Å². The maximum Gasteiger partial charge on any atom is 0.321 e. The van der Waals surface area contributed by atoms with Crippen molar-refractivity contribution >= 4 is 11.9 Å². The summed E-state index contributed by atoms with van der Waals surface area (Å²) in [4.78, 5) is 22.8. The fraction of sp³-hybridized carbons (Fsp3) is 0.667. The number of nitrogens with one attached hydrogen (secondary N) is 1. The van der Waals surface area contributed by atoms with Crippen molar-refractivity contribution in [3.63, 3.8) is 0 Å². The zero-order valence-electron chi connectivity index (χ0n) is 6.33. The van der Waals surface area contributed by atoms with Crippen LogP contribution in [0.15, 0.2) is 0 Å². The van der Waals surface area contributed by atoms with Gasteiger partial charge in [0.1, 0.15) is 0 Å². The molecular weight excluding hydrogens is 146 g/mol. The molecule has 1 atom stereocenters. The van der Waals surface area contributed by atoms with Gasteiger partial charge in [-0.05, 0) is 6.92 Å². The van der Waals surface area contributed by atoms with Crippen molar-refractivity contribution in [1.82, 2.24) is 10.2 Å². The van der Waals surface area contributed by atoms with Gasteiger partial charge in [-0.25, -0.2) is 4.79 Å². The summed E-state index contributed by atoms with van der Waals surface area (Å²) in [7, 11) is 0. The number of nitrogens with zero attached hydrogens (tertiary/aromatic N) is 1. The molecule has 3 N–H and O–H groups in total. The predicted molar refractivity (Wildman–Crippen MR) is 38.8 cm³/mol. The zero-order valence-corrected chi connectivity index (χ0v) is 6.33. The van der Waals surface area contributed by atoms with Crippen LogP contribution in [0.3, 0.4) is 0 Å². The molecule has 0 saturated carbocycles. The van der Waals surface area contributed by atoms with Crippen LogP contribution in [0.1, 0.15) is 6.92 Å². The maximum atomic E-state index is 11.1. The molecule has 1 saturated heterocycles. The second-order valence-corrected chi connectivity index (χ2v) is 2.50. The minimum atomic E-state index is -0.664. The molecule has 0 spiro atoms. The molecule has 1 heterocycles. The highest BCUT2D eigenvalue weighted by Gasteiger charge is 2.27. The second kappa shape index (κ2) is 2.87. The molecule has 0 radical (unpaired) electrons. The van der Waals surface area contributed by atoms with E-state index in [1.54, 1.807) is 6.92 Å². The van der Waals surface area contributed by atoms with E-state index in [4.69, 9.17) is 5.73 Å². The molecule has 0 aromatic heterocycles. The Morgan fingerprint density at radius 1 is 1.82 bits per heavy atom. The van der Waals surface area contributed by atoms with Gasteiger partial charge >= 0.3 is 6.03 Å². The number of carbonyl (C=O) groups is 2. The first kappa shape index (κ1) is 8.00. The Morgan fingerprint density at radius 3 is 2.91 bits per heavy atom.